The molecule has 0 bridgehead atoms. The fourth-order valence-corrected chi connectivity index (χ4v) is 3.02. The topological polar surface area (TPSA) is 70.2 Å². The predicted molar refractivity (Wildman–Crippen MR) is 121 cm³/mol. The van der Waals surface area contributed by atoms with Crippen molar-refractivity contribution in [1.82, 2.24) is 5.32 Å². The summed E-state index contributed by atoms with van der Waals surface area (Å²) in [5.41, 5.74) is 1.95. The minimum Gasteiger partial charge on any atom is -0.332 e. The van der Waals surface area contributed by atoms with E-state index < -0.39 is 0 Å². The lowest BCUT2D eigenvalue weighted by Gasteiger charge is -2.12. The van der Waals surface area contributed by atoms with Gasteiger partial charge in [0.15, 0.2) is 5.11 Å². The van der Waals surface area contributed by atoms with Gasteiger partial charge in [-0.25, -0.2) is 0 Å². The number of anilines is 2. The van der Waals surface area contributed by atoms with Crippen molar-refractivity contribution in [2.75, 3.05) is 10.6 Å². The van der Waals surface area contributed by atoms with Crippen molar-refractivity contribution in [2.24, 2.45) is 0 Å². The van der Waals surface area contributed by atoms with Crippen LogP contribution in [0.25, 0.3) is 0 Å². The second-order valence-electron chi connectivity index (χ2n) is 5.93. The highest BCUT2D eigenvalue weighted by Crippen LogP contribution is 2.19. The Morgan fingerprint density at radius 3 is 2.10 bits per heavy atom. The summed E-state index contributed by atoms with van der Waals surface area (Å²) in [4.78, 5) is 24.6. The van der Waals surface area contributed by atoms with Crippen LogP contribution < -0.4 is 16.0 Å². The highest BCUT2D eigenvalue weighted by Gasteiger charge is 2.11. The molecule has 0 aliphatic heterocycles. The van der Waals surface area contributed by atoms with E-state index in [0.717, 1.165) is 0 Å². The average molecular weight is 444 g/mol. The molecule has 0 aliphatic rings. The first-order valence-electron chi connectivity index (χ1n) is 8.46. The maximum absolute atomic E-state index is 12.4. The van der Waals surface area contributed by atoms with E-state index >= 15 is 0 Å². The van der Waals surface area contributed by atoms with Crippen LogP contribution in [0.15, 0.2) is 72.8 Å². The zero-order valence-electron chi connectivity index (χ0n) is 14.9. The summed E-state index contributed by atoms with van der Waals surface area (Å²) in [5, 5.41) is 9.31. The standard InChI is InChI=1S/C21H15Cl2N3O2S/c22-14-10-8-13(9-11-14)19(27)26-21(29)25-16-5-3-4-15(12-16)24-20(28)17-6-1-2-7-18(17)23/h1-12H,(H,24,28)(H2,25,26,27,29). The molecule has 0 unspecified atom stereocenters. The molecule has 3 aromatic carbocycles. The Bertz CT molecular complexity index is 1070. The largest absolute Gasteiger partial charge is 0.332 e. The smallest absolute Gasteiger partial charge is 0.257 e. The van der Waals surface area contributed by atoms with Gasteiger partial charge in [0.1, 0.15) is 0 Å². The van der Waals surface area contributed by atoms with Crippen LogP contribution in [0.1, 0.15) is 20.7 Å². The van der Waals surface area contributed by atoms with Gasteiger partial charge in [0.2, 0.25) is 0 Å². The zero-order chi connectivity index (χ0) is 20.8. The molecule has 5 nitrogen and oxygen atoms in total. The van der Waals surface area contributed by atoms with E-state index in [1.54, 1.807) is 72.8 Å². The number of carbonyl (C=O) groups excluding carboxylic acids is 2. The molecule has 3 rings (SSSR count). The van der Waals surface area contributed by atoms with Crippen molar-refractivity contribution < 1.29 is 9.59 Å². The summed E-state index contributed by atoms with van der Waals surface area (Å²) in [5.74, 6) is -0.686. The third kappa shape index (κ3) is 5.77. The van der Waals surface area contributed by atoms with Gasteiger partial charge in [-0.15, -0.1) is 0 Å². The second kappa shape index (κ2) is 9.52. The van der Waals surface area contributed by atoms with Gasteiger partial charge in [-0.1, -0.05) is 41.4 Å². The average Bonchev–Trinajstić information content (AvgIpc) is 2.69. The number of rotatable bonds is 4. The van der Waals surface area contributed by atoms with Gasteiger partial charge in [0, 0.05) is 22.0 Å². The number of amides is 2. The predicted octanol–water partition coefficient (Wildman–Crippen LogP) is 5.37. The molecule has 0 aromatic heterocycles. The van der Waals surface area contributed by atoms with E-state index in [4.69, 9.17) is 35.4 Å². The van der Waals surface area contributed by atoms with Crippen LogP contribution in [0, 0.1) is 0 Å². The molecule has 2 amide bonds. The van der Waals surface area contributed by atoms with Gasteiger partial charge in [0.25, 0.3) is 11.8 Å². The lowest BCUT2D eigenvalue weighted by atomic mass is 10.2. The third-order valence-corrected chi connectivity index (χ3v) is 4.62. The quantitative estimate of drug-likeness (QED) is 0.473. The number of hydrogen-bond acceptors (Lipinski definition) is 3. The minimum absolute atomic E-state index is 0.125. The first-order chi connectivity index (χ1) is 13.9. The summed E-state index contributed by atoms with van der Waals surface area (Å²) < 4.78 is 0. The fourth-order valence-electron chi connectivity index (χ4n) is 2.46. The Kier molecular flexibility index (Phi) is 6.82. The highest BCUT2D eigenvalue weighted by molar-refractivity contribution is 7.80. The van der Waals surface area contributed by atoms with Crippen LogP contribution in [-0.4, -0.2) is 16.9 Å². The van der Waals surface area contributed by atoms with E-state index in [2.05, 4.69) is 16.0 Å². The van der Waals surface area contributed by atoms with E-state index in [1.165, 1.54) is 0 Å². The van der Waals surface area contributed by atoms with Crippen LogP contribution in [0.4, 0.5) is 11.4 Å². The summed E-state index contributed by atoms with van der Waals surface area (Å²) in [6, 6.07) is 20.2. The zero-order valence-corrected chi connectivity index (χ0v) is 17.2. The lowest BCUT2D eigenvalue weighted by molar-refractivity contribution is 0.0976. The first kappa shape index (κ1) is 20.8. The van der Waals surface area contributed by atoms with Gasteiger partial charge in [0.05, 0.1) is 10.6 Å². The van der Waals surface area contributed by atoms with Crippen LogP contribution in [-0.2, 0) is 0 Å². The number of benzene rings is 3. The number of hydrogen-bond donors (Lipinski definition) is 3. The Labute approximate surface area is 183 Å². The van der Waals surface area contributed by atoms with Crippen LogP contribution >= 0.6 is 35.4 Å². The van der Waals surface area contributed by atoms with Crippen molar-refractivity contribution in [2.45, 2.75) is 0 Å². The lowest BCUT2D eigenvalue weighted by Crippen LogP contribution is -2.34. The van der Waals surface area contributed by atoms with Crippen molar-refractivity contribution in [3.05, 3.63) is 94.0 Å². The molecule has 0 fully saturated rings. The molecule has 0 heterocycles. The molecule has 29 heavy (non-hydrogen) atoms. The molecule has 3 N–H and O–H groups in total. The highest BCUT2D eigenvalue weighted by atomic mass is 35.5. The van der Waals surface area contributed by atoms with Crippen molar-refractivity contribution in [3.8, 4) is 0 Å². The summed E-state index contributed by atoms with van der Waals surface area (Å²) in [6.07, 6.45) is 0. The van der Waals surface area contributed by atoms with E-state index in [0.29, 0.717) is 32.5 Å². The molecule has 0 atom stereocenters. The van der Waals surface area contributed by atoms with E-state index in [9.17, 15) is 9.59 Å². The van der Waals surface area contributed by atoms with Crippen LogP contribution in [0.3, 0.4) is 0 Å². The van der Waals surface area contributed by atoms with Crippen LogP contribution in [0.2, 0.25) is 10.0 Å². The van der Waals surface area contributed by atoms with Crippen LogP contribution in [0.5, 0.6) is 0 Å². The maximum Gasteiger partial charge on any atom is 0.257 e. The molecular formula is C21H15Cl2N3O2S. The molecule has 0 spiro atoms. The van der Waals surface area contributed by atoms with Gasteiger partial charge >= 0.3 is 0 Å². The molecule has 0 saturated carbocycles. The van der Waals surface area contributed by atoms with E-state index in [1.807, 2.05) is 0 Å². The number of nitrogens with one attached hydrogen (secondary N) is 3. The Balaban J connectivity index is 1.62. The Hall–Kier alpha value is -2.93. The molecule has 0 aliphatic carbocycles. The monoisotopic (exact) mass is 443 g/mol. The molecule has 0 saturated heterocycles. The molecular weight excluding hydrogens is 429 g/mol. The Morgan fingerprint density at radius 1 is 0.759 bits per heavy atom. The number of thiocarbonyl (C=S) groups is 1. The van der Waals surface area contributed by atoms with E-state index in [-0.39, 0.29) is 16.9 Å². The number of carbonyl (C=O) groups is 2. The van der Waals surface area contributed by atoms with Gasteiger partial charge < -0.3 is 10.6 Å². The number of halogens is 2. The summed E-state index contributed by atoms with van der Waals surface area (Å²) in [7, 11) is 0. The first-order valence-corrected chi connectivity index (χ1v) is 9.62. The molecule has 146 valence electrons. The SMILES string of the molecule is O=C(NC(=S)Nc1cccc(NC(=O)c2ccccc2Cl)c1)c1ccc(Cl)cc1. The van der Waals surface area contributed by atoms with Crippen molar-refractivity contribution in [1.29, 1.82) is 0 Å². The van der Waals surface area contributed by atoms with Gasteiger partial charge in [-0.05, 0) is 66.8 Å². The third-order valence-electron chi connectivity index (χ3n) is 3.83. The molecule has 3 aromatic rings. The van der Waals surface area contributed by atoms with Crippen molar-refractivity contribution in [3.63, 3.8) is 0 Å². The van der Waals surface area contributed by atoms with Gasteiger partial charge in [-0.2, -0.15) is 0 Å². The summed E-state index contributed by atoms with van der Waals surface area (Å²) in [6.45, 7) is 0. The molecule has 8 heteroatoms. The van der Waals surface area contributed by atoms with Gasteiger partial charge in [-0.3, -0.25) is 14.9 Å². The normalized spacial score (nSPS) is 10.1. The molecule has 0 radical (unpaired) electrons. The fraction of sp³-hybridized carbons (Fsp3) is 0. The second-order valence-corrected chi connectivity index (χ2v) is 7.18. The Morgan fingerprint density at radius 2 is 1.41 bits per heavy atom. The minimum atomic E-state index is -0.359. The van der Waals surface area contributed by atoms with Crippen molar-refractivity contribution >= 4 is 63.7 Å². The maximum atomic E-state index is 12.4. The summed E-state index contributed by atoms with van der Waals surface area (Å²) >= 11 is 17.1.